The van der Waals surface area contributed by atoms with Gasteiger partial charge in [0, 0.05) is 5.57 Å². The lowest BCUT2D eigenvalue weighted by Crippen LogP contribution is -2.29. The second-order valence-electron chi connectivity index (χ2n) is 7.97. The molecule has 0 aliphatic heterocycles. The molecule has 184 valence electrons. The quantitative estimate of drug-likeness (QED) is 0.0943. The average molecular weight is 486 g/mol. The van der Waals surface area contributed by atoms with E-state index in [2.05, 4.69) is 27.6 Å². The standard InChI is InChI=1S/C32H31N5/c1-3-4-8-15-26(2)30(22-27-16-9-5-10-17-27)24-34-36-32(33)37-35-25-31(29-20-13-7-14-21-29)23-28-18-11-6-12-19-28/h3-25H,1H2,2H3,(H3,33,36,37)/b8-4-,26-15+,30-22?,31-23-,34-24+,35-25+. The van der Waals surface area contributed by atoms with Crippen LogP contribution in [0.5, 0.6) is 0 Å². The third kappa shape index (κ3) is 9.62. The summed E-state index contributed by atoms with van der Waals surface area (Å²) in [4.78, 5) is 0. The number of rotatable bonds is 10. The maximum absolute atomic E-state index is 8.14. The number of hydrogen-bond acceptors (Lipinski definition) is 3. The highest BCUT2D eigenvalue weighted by Gasteiger charge is 2.00. The van der Waals surface area contributed by atoms with E-state index in [9.17, 15) is 0 Å². The van der Waals surface area contributed by atoms with Gasteiger partial charge in [-0.15, -0.1) is 0 Å². The van der Waals surface area contributed by atoms with E-state index in [1.54, 1.807) is 18.5 Å². The van der Waals surface area contributed by atoms with Gasteiger partial charge in [-0.1, -0.05) is 122 Å². The van der Waals surface area contributed by atoms with Gasteiger partial charge in [0.25, 0.3) is 0 Å². The van der Waals surface area contributed by atoms with Crippen LogP contribution in [0.3, 0.4) is 0 Å². The summed E-state index contributed by atoms with van der Waals surface area (Å²) in [5.41, 5.74) is 11.4. The third-order valence-corrected chi connectivity index (χ3v) is 5.16. The first-order chi connectivity index (χ1) is 18.2. The van der Waals surface area contributed by atoms with E-state index in [-0.39, 0.29) is 5.96 Å². The van der Waals surface area contributed by atoms with Crippen molar-refractivity contribution in [3.8, 4) is 0 Å². The van der Waals surface area contributed by atoms with Gasteiger partial charge in [0.15, 0.2) is 0 Å². The molecule has 0 aromatic heterocycles. The zero-order chi connectivity index (χ0) is 26.1. The predicted octanol–water partition coefficient (Wildman–Crippen LogP) is 7.08. The summed E-state index contributed by atoms with van der Waals surface area (Å²) in [6.45, 7) is 5.71. The summed E-state index contributed by atoms with van der Waals surface area (Å²) in [6.07, 6.45) is 15.0. The Morgan fingerprint density at radius 1 is 0.730 bits per heavy atom. The summed E-state index contributed by atoms with van der Waals surface area (Å²) < 4.78 is 0. The van der Waals surface area contributed by atoms with Gasteiger partial charge in [0.2, 0.25) is 5.96 Å². The lowest BCUT2D eigenvalue weighted by Gasteiger charge is -2.05. The van der Waals surface area contributed by atoms with Crippen molar-refractivity contribution < 1.29 is 0 Å². The van der Waals surface area contributed by atoms with Crippen molar-refractivity contribution in [2.75, 3.05) is 0 Å². The number of hydrazone groups is 2. The lowest BCUT2D eigenvalue weighted by molar-refractivity contribution is 0.893. The van der Waals surface area contributed by atoms with Crippen LogP contribution in [0.2, 0.25) is 0 Å². The Hall–Kier alpha value is -5.03. The first-order valence-corrected chi connectivity index (χ1v) is 11.9. The molecule has 0 heterocycles. The van der Waals surface area contributed by atoms with Crippen LogP contribution >= 0.6 is 0 Å². The van der Waals surface area contributed by atoms with Crippen molar-refractivity contribution in [3.63, 3.8) is 0 Å². The van der Waals surface area contributed by atoms with Crippen LogP contribution in [-0.4, -0.2) is 18.4 Å². The fourth-order valence-corrected chi connectivity index (χ4v) is 3.27. The molecule has 0 atom stereocenters. The number of benzene rings is 3. The first-order valence-electron chi connectivity index (χ1n) is 11.9. The first kappa shape index (κ1) is 26.6. The minimum absolute atomic E-state index is 0.0492. The Morgan fingerprint density at radius 2 is 1.27 bits per heavy atom. The Bertz CT molecular complexity index is 1330. The maximum Gasteiger partial charge on any atom is 0.230 e. The summed E-state index contributed by atoms with van der Waals surface area (Å²) in [6, 6.07) is 30.0. The average Bonchev–Trinajstić information content (AvgIpc) is 2.93. The largest absolute Gasteiger partial charge is 0.266 e. The van der Waals surface area contributed by atoms with Gasteiger partial charge in [-0.25, -0.2) is 10.9 Å². The van der Waals surface area contributed by atoms with Crippen molar-refractivity contribution in [1.29, 1.82) is 5.41 Å². The molecule has 0 saturated carbocycles. The minimum Gasteiger partial charge on any atom is -0.266 e. The van der Waals surface area contributed by atoms with Crippen LogP contribution in [0.1, 0.15) is 23.6 Å². The van der Waals surface area contributed by atoms with Gasteiger partial charge in [-0.05, 0) is 46.9 Å². The van der Waals surface area contributed by atoms with E-state index in [0.717, 1.165) is 33.4 Å². The molecule has 0 aliphatic carbocycles. The molecule has 0 saturated heterocycles. The summed E-state index contributed by atoms with van der Waals surface area (Å²) in [5, 5.41) is 16.6. The summed E-state index contributed by atoms with van der Waals surface area (Å²) in [5.74, 6) is -0.0492. The molecular weight excluding hydrogens is 454 g/mol. The molecular formula is C32H31N5. The van der Waals surface area contributed by atoms with Gasteiger partial charge in [0.1, 0.15) is 0 Å². The molecule has 3 N–H and O–H groups in total. The van der Waals surface area contributed by atoms with Crippen LogP contribution < -0.4 is 10.9 Å². The highest BCUT2D eigenvalue weighted by molar-refractivity contribution is 6.15. The van der Waals surface area contributed by atoms with Crippen LogP contribution in [0.15, 0.2) is 143 Å². The van der Waals surface area contributed by atoms with E-state index in [4.69, 9.17) is 5.41 Å². The zero-order valence-corrected chi connectivity index (χ0v) is 20.9. The van der Waals surface area contributed by atoms with Gasteiger partial charge < -0.3 is 0 Å². The predicted molar refractivity (Wildman–Crippen MR) is 159 cm³/mol. The molecule has 5 nitrogen and oxygen atoms in total. The maximum atomic E-state index is 8.14. The molecule has 5 heteroatoms. The van der Waals surface area contributed by atoms with E-state index in [1.807, 2.05) is 128 Å². The van der Waals surface area contributed by atoms with E-state index in [0.29, 0.717) is 0 Å². The van der Waals surface area contributed by atoms with Crippen molar-refractivity contribution in [1.82, 2.24) is 10.9 Å². The van der Waals surface area contributed by atoms with Gasteiger partial charge in [-0.3, -0.25) is 5.41 Å². The number of allylic oxidation sites excluding steroid dienone is 7. The SMILES string of the molecule is C=C/C=C\C=C(/C)C(=Cc1ccccc1)/C=N/NC(=N)N/N=C/C(=C/c1ccccc1)c1ccccc1. The topological polar surface area (TPSA) is 72.6 Å². The van der Waals surface area contributed by atoms with E-state index < -0.39 is 0 Å². The van der Waals surface area contributed by atoms with Crippen LogP contribution in [-0.2, 0) is 0 Å². The zero-order valence-electron chi connectivity index (χ0n) is 20.9. The van der Waals surface area contributed by atoms with Crippen molar-refractivity contribution >= 4 is 36.1 Å². The number of guanidine groups is 1. The molecule has 0 aliphatic rings. The molecule has 0 amide bonds. The van der Waals surface area contributed by atoms with Gasteiger partial charge in [-0.2, -0.15) is 10.2 Å². The molecule has 3 rings (SSSR count). The van der Waals surface area contributed by atoms with Crippen molar-refractivity contribution in [3.05, 3.63) is 150 Å². The molecule has 0 bridgehead atoms. The molecule has 0 unspecified atom stereocenters. The summed E-state index contributed by atoms with van der Waals surface area (Å²) >= 11 is 0. The molecule has 3 aromatic rings. The van der Waals surface area contributed by atoms with Gasteiger partial charge >= 0.3 is 0 Å². The molecule has 37 heavy (non-hydrogen) atoms. The van der Waals surface area contributed by atoms with E-state index >= 15 is 0 Å². The van der Waals surface area contributed by atoms with Crippen LogP contribution in [0, 0.1) is 5.41 Å². The second-order valence-corrected chi connectivity index (χ2v) is 7.97. The smallest absolute Gasteiger partial charge is 0.230 e. The lowest BCUT2D eigenvalue weighted by atomic mass is 10.0. The van der Waals surface area contributed by atoms with Crippen molar-refractivity contribution in [2.45, 2.75) is 6.92 Å². The molecule has 0 radical (unpaired) electrons. The Labute approximate surface area is 219 Å². The fraction of sp³-hybridized carbons (Fsp3) is 0.0312. The second kappa shape index (κ2) is 15.1. The van der Waals surface area contributed by atoms with Crippen molar-refractivity contribution in [2.24, 2.45) is 10.2 Å². The number of nitrogens with one attached hydrogen (secondary N) is 3. The molecule has 3 aromatic carbocycles. The number of nitrogens with zero attached hydrogens (tertiary/aromatic N) is 2. The Balaban J connectivity index is 1.69. The van der Waals surface area contributed by atoms with Crippen LogP contribution in [0.4, 0.5) is 0 Å². The summed E-state index contributed by atoms with van der Waals surface area (Å²) in [7, 11) is 0. The van der Waals surface area contributed by atoms with Crippen LogP contribution in [0.25, 0.3) is 17.7 Å². The molecule has 0 spiro atoms. The highest BCUT2D eigenvalue weighted by atomic mass is 15.4. The Kier molecular flexibility index (Phi) is 10.8. The van der Waals surface area contributed by atoms with E-state index in [1.165, 1.54) is 0 Å². The third-order valence-electron chi connectivity index (χ3n) is 5.16. The normalized spacial score (nSPS) is 12.8. The fourth-order valence-electron chi connectivity index (χ4n) is 3.27. The molecule has 0 fully saturated rings. The highest BCUT2D eigenvalue weighted by Crippen LogP contribution is 2.16. The monoisotopic (exact) mass is 485 g/mol. The minimum atomic E-state index is -0.0492. The van der Waals surface area contributed by atoms with Gasteiger partial charge in [0.05, 0.1) is 12.4 Å². The Morgan fingerprint density at radius 3 is 1.86 bits per heavy atom. The number of hydrogen-bond donors (Lipinski definition) is 3.